The van der Waals surface area contributed by atoms with Crippen molar-refractivity contribution >= 4 is 58.3 Å². The van der Waals surface area contributed by atoms with Crippen LogP contribution in [0.4, 0.5) is 11.4 Å². The fourth-order valence-electron chi connectivity index (χ4n) is 4.53. The van der Waals surface area contributed by atoms with Crippen molar-refractivity contribution < 1.29 is 29.3 Å². The minimum Gasteiger partial charge on any atom is -0.480 e. The second-order valence-corrected chi connectivity index (χ2v) is 8.71. The summed E-state index contributed by atoms with van der Waals surface area (Å²) in [4.78, 5) is 50.9. The van der Waals surface area contributed by atoms with Gasteiger partial charge in [0.15, 0.2) is 12.2 Å². The number of amides is 2. The van der Waals surface area contributed by atoms with Gasteiger partial charge in [0.25, 0.3) is 17.4 Å². The lowest BCUT2D eigenvalue weighted by molar-refractivity contribution is -0.150. The molecule has 0 aliphatic carbocycles. The molecule has 5 N–H and O–H groups in total. The van der Waals surface area contributed by atoms with Gasteiger partial charge in [-0.05, 0) is 47.3 Å². The summed E-state index contributed by atoms with van der Waals surface area (Å²) in [5, 5.41) is 33.8. The van der Waals surface area contributed by atoms with Gasteiger partial charge < -0.3 is 30.5 Å². The Hall–Kier alpha value is -4.26. The molecule has 2 amide bonds. The van der Waals surface area contributed by atoms with E-state index in [0.29, 0.717) is 34.7 Å². The van der Waals surface area contributed by atoms with Crippen LogP contribution in [0.2, 0.25) is 0 Å². The van der Waals surface area contributed by atoms with Crippen LogP contribution in [-0.2, 0) is 32.2 Å². The van der Waals surface area contributed by atoms with Crippen LogP contribution in [0.15, 0.2) is 53.3 Å². The zero-order valence-corrected chi connectivity index (χ0v) is 20.7. The molecule has 0 unspecified atom stereocenters. The predicted octanol–water partition coefficient (Wildman–Crippen LogP) is 0.668. The number of benzene rings is 2. The number of carbonyl (C=O) groups excluding carboxylic acids is 2. The van der Waals surface area contributed by atoms with Gasteiger partial charge in [-0.2, -0.15) is 0 Å². The zero-order chi connectivity index (χ0) is 26.3. The summed E-state index contributed by atoms with van der Waals surface area (Å²) in [6.45, 7) is 0.0842. The van der Waals surface area contributed by atoms with Gasteiger partial charge in [-0.3, -0.25) is 29.2 Å². The third-order valence-electron chi connectivity index (χ3n) is 6.36. The van der Waals surface area contributed by atoms with Crippen LogP contribution in [0.1, 0.15) is 11.1 Å². The van der Waals surface area contributed by atoms with Gasteiger partial charge in [-0.1, -0.05) is 6.07 Å². The first-order valence-electron chi connectivity index (χ1n) is 11.5. The summed E-state index contributed by atoms with van der Waals surface area (Å²) in [7, 11) is 0. The first kappa shape index (κ1) is 26.8. The van der Waals surface area contributed by atoms with E-state index in [0.717, 1.165) is 15.7 Å². The van der Waals surface area contributed by atoms with Gasteiger partial charge in [0.1, 0.15) is 12.4 Å². The van der Waals surface area contributed by atoms with E-state index < -0.39 is 42.1 Å². The van der Waals surface area contributed by atoms with Crippen LogP contribution in [-0.4, -0.2) is 63.8 Å². The molecule has 2 atom stereocenters. The van der Waals surface area contributed by atoms with Crippen LogP contribution in [0.3, 0.4) is 0 Å². The standard InChI is InChI=1S/C25H23N5O7.ClH/c26-23-17-5-3-15(9-14(17)11-27-23)28-24(35)21(34)22-25(36)29(7-8-37-22)16-4-1-13-2-6-19(31)30(12-20(32)33)18(13)10-16;/h1-6,9-10,21-22,34H,7-8,11-12H2,(H2,26,27)(H,28,35)(H,32,33);1H/t21-,22-;/m1./s1. The van der Waals surface area contributed by atoms with Crippen molar-refractivity contribution in [2.24, 2.45) is 0 Å². The predicted molar refractivity (Wildman–Crippen MR) is 140 cm³/mol. The lowest BCUT2D eigenvalue weighted by Crippen LogP contribution is -2.55. The number of halogens is 1. The Labute approximate surface area is 221 Å². The molecule has 3 heterocycles. The quantitative estimate of drug-likeness (QED) is 0.302. The average Bonchev–Trinajstić information content (AvgIpc) is 3.25. The fourth-order valence-corrected chi connectivity index (χ4v) is 4.53. The number of hydrogen-bond acceptors (Lipinski definition) is 7. The molecule has 2 aliphatic heterocycles. The Morgan fingerprint density at radius 1 is 1.16 bits per heavy atom. The van der Waals surface area contributed by atoms with Gasteiger partial charge in [-0.25, -0.2) is 0 Å². The van der Waals surface area contributed by atoms with Crippen LogP contribution >= 0.6 is 12.4 Å². The van der Waals surface area contributed by atoms with Crippen molar-refractivity contribution in [2.75, 3.05) is 23.4 Å². The van der Waals surface area contributed by atoms with E-state index in [1.807, 2.05) is 0 Å². The number of anilines is 2. The Morgan fingerprint density at radius 3 is 2.68 bits per heavy atom. The molecule has 1 aromatic heterocycles. The number of aliphatic carboxylic acids is 1. The third-order valence-corrected chi connectivity index (χ3v) is 6.36. The van der Waals surface area contributed by atoms with Crippen molar-refractivity contribution in [2.45, 2.75) is 25.3 Å². The van der Waals surface area contributed by atoms with Gasteiger partial charge in [-0.15, -0.1) is 12.4 Å². The molecule has 0 bridgehead atoms. The van der Waals surface area contributed by atoms with E-state index in [-0.39, 0.29) is 25.6 Å². The molecule has 1 fully saturated rings. The van der Waals surface area contributed by atoms with Crippen LogP contribution in [0.5, 0.6) is 0 Å². The van der Waals surface area contributed by atoms with E-state index in [1.165, 1.54) is 17.0 Å². The monoisotopic (exact) mass is 541 g/mol. The Balaban J connectivity index is 0.00000336. The number of aliphatic hydroxyl groups is 1. The Bertz CT molecular complexity index is 1520. The molecule has 0 spiro atoms. The number of carbonyl (C=O) groups is 3. The molecular formula is C25H24ClN5O7. The number of carboxylic acid groups (broad SMARTS) is 1. The molecule has 0 radical (unpaired) electrons. The van der Waals surface area contributed by atoms with Crippen molar-refractivity contribution in [1.82, 2.24) is 9.88 Å². The normalized spacial score (nSPS) is 17.4. The number of nitrogens with zero attached hydrogens (tertiary/aromatic N) is 2. The van der Waals surface area contributed by atoms with Crippen LogP contribution in [0, 0.1) is 5.41 Å². The molecule has 2 aliphatic rings. The minimum atomic E-state index is -1.80. The van der Waals surface area contributed by atoms with Gasteiger partial charge in [0, 0.05) is 36.1 Å². The molecule has 0 saturated carbocycles. The molecule has 198 valence electrons. The average molecular weight is 542 g/mol. The molecule has 12 nitrogen and oxygen atoms in total. The highest BCUT2D eigenvalue weighted by Gasteiger charge is 2.39. The number of aliphatic hydroxyl groups excluding tert-OH is 1. The van der Waals surface area contributed by atoms with Crippen molar-refractivity contribution in [3.8, 4) is 0 Å². The SMILES string of the molecule is Cl.N=C1NCc2cc(NC(=O)[C@H](O)[C@H]3OCCN(c4ccc5ccc(=O)n(CC(=O)O)c5c4)C3=O)ccc21. The number of aromatic nitrogens is 1. The van der Waals surface area contributed by atoms with Gasteiger partial charge in [0.05, 0.1) is 12.1 Å². The summed E-state index contributed by atoms with van der Waals surface area (Å²) >= 11 is 0. The van der Waals surface area contributed by atoms with Crippen LogP contribution < -0.4 is 21.1 Å². The lowest BCUT2D eigenvalue weighted by Gasteiger charge is -2.34. The maximum absolute atomic E-state index is 13.2. The first-order valence-corrected chi connectivity index (χ1v) is 11.5. The summed E-state index contributed by atoms with van der Waals surface area (Å²) in [6.07, 6.45) is -3.27. The first-order chi connectivity index (χ1) is 17.7. The molecule has 2 aromatic carbocycles. The second kappa shape index (κ2) is 10.6. The van der Waals surface area contributed by atoms with Gasteiger partial charge in [0.2, 0.25) is 0 Å². The molecular weight excluding hydrogens is 518 g/mol. The van der Waals surface area contributed by atoms with Gasteiger partial charge >= 0.3 is 5.97 Å². The van der Waals surface area contributed by atoms with E-state index in [2.05, 4.69) is 10.6 Å². The molecule has 38 heavy (non-hydrogen) atoms. The number of amidine groups is 1. The highest BCUT2D eigenvalue weighted by atomic mass is 35.5. The van der Waals surface area contributed by atoms with E-state index in [9.17, 15) is 29.4 Å². The topological polar surface area (TPSA) is 174 Å². The number of hydrogen-bond donors (Lipinski definition) is 5. The molecule has 13 heteroatoms. The maximum atomic E-state index is 13.2. The van der Waals surface area contributed by atoms with Crippen molar-refractivity contribution in [3.05, 3.63) is 70.0 Å². The number of rotatable bonds is 6. The number of fused-ring (bicyclic) bond motifs is 2. The molecule has 3 aromatic rings. The smallest absolute Gasteiger partial charge is 0.323 e. The number of pyridine rings is 1. The molecule has 5 rings (SSSR count). The molecule has 1 saturated heterocycles. The largest absolute Gasteiger partial charge is 0.480 e. The fraction of sp³-hybridized carbons (Fsp3) is 0.240. The summed E-state index contributed by atoms with van der Waals surface area (Å²) in [6, 6.07) is 12.7. The van der Waals surface area contributed by atoms with Crippen molar-refractivity contribution in [1.29, 1.82) is 5.41 Å². The zero-order valence-electron chi connectivity index (χ0n) is 19.8. The number of ether oxygens (including phenoxy) is 1. The Kier molecular flexibility index (Phi) is 7.49. The Morgan fingerprint density at radius 2 is 1.92 bits per heavy atom. The summed E-state index contributed by atoms with van der Waals surface area (Å²) in [5.74, 6) is -2.37. The van der Waals surface area contributed by atoms with E-state index in [4.69, 9.17) is 10.1 Å². The highest BCUT2D eigenvalue weighted by molar-refractivity contribution is 6.05. The lowest BCUT2D eigenvalue weighted by atomic mass is 10.1. The number of morpholine rings is 1. The number of carboxylic acids is 1. The summed E-state index contributed by atoms with van der Waals surface area (Å²) in [5.41, 5.74) is 2.17. The van der Waals surface area contributed by atoms with Crippen LogP contribution in [0.25, 0.3) is 10.9 Å². The maximum Gasteiger partial charge on any atom is 0.323 e. The second-order valence-electron chi connectivity index (χ2n) is 8.71. The summed E-state index contributed by atoms with van der Waals surface area (Å²) < 4.78 is 6.56. The van der Waals surface area contributed by atoms with E-state index >= 15 is 0 Å². The number of nitrogens with one attached hydrogen (secondary N) is 3. The van der Waals surface area contributed by atoms with E-state index in [1.54, 1.807) is 36.4 Å². The van der Waals surface area contributed by atoms with Crippen molar-refractivity contribution in [3.63, 3.8) is 0 Å². The minimum absolute atomic E-state index is 0. The highest BCUT2D eigenvalue weighted by Crippen LogP contribution is 2.26. The third kappa shape index (κ3) is 4.96.